The second-order valence-corrected chi connectivity index (χ2v) is 11.3. The Bertz CT molecular complexity index is 1040. The highest BCUT2D eigenvalue weighted by molar-refractivity contribution is 5.78. The summed E-state index contributed by atoms with van der Waals surface area (Å²) in [4.78, 5) is 20.6. The van der Waals surface area contributed by atoms with Crippen molar-refractivity contribution in [2.45, 2.75) is 68.2 Å². The van der Waals surface area contributed by atoms with Gasteiger partial charge in [0.05, 0.1) is 24.8 Å². The number of carbonyl (C=O) groups excluding carboxylic acids is 1. The monoisotopic (exact) mass is 491 g/mol. The molecule has 1 saturated heterocycles. The van der Waals surface area contributed by atoms with Crippen LogP contribution in [0.5, 0.6) is 5.75 Å². The van der Waals surface area contributed by atoms with E-state index in [1.54, 1.807) is 7.11 Å². The molecule has 5 rings (SSSR count). The SMILES string of the molecule is COc1ccc(CN2C[C@]3(CC[C@@](c4ccccc4)(N(C)C)CC3)N(CC3(OC)CCC3)C2=O)cc1. The van der Waals surface area contributed by atoms with E-state index in [0.717, 1.165) is 56.4 Å². The summed E-state index contributed by atoms with van der Waals surface area (Å²) in [5.74, 6) is 0.838. The maximum absolute atomic E-state index is 14.0. The number of methoxy groups -OCH3 is 2. The van der Waals surface area contributed by atoms with Gasteiger partial charge in [0, 0.05) is 25.7 Å². The second kappa shape index (κ2) is 9.71. The third-order valence-corrected chi connectivity index (χ3v) is 9.41. The third-order valence-electron chi connectivity index (χ3n) is 9.41. The molecule has 0 unspecified atom stereocenters. The van der Waals surface area contributed by atoms with Crippen LogP contribution in [0.1, 0.15) is 56.1 Å². The van der Waals surface area contributed by atoms with Crippen molar-refractivity contribution in [1.29, 1.82) is 0 Å². The van der Waals surface area contributed by atoms with Gasteiger partial charge in [0.2, 0.25) is 0 Å². The lowest BCUT2D eigenvalue weighted by Gasteiger charge is -2.53. The Morgan fingerprint density at radius 3 is 2.08 bits per heavy atom. The lowest BCUT2D eigenvalue weighted by Crippen LogP contribution is -2.60. The van der Waals surface area contributed by atoms with Crippen LogP contribution in [0, 0.1) is 0 Å². The average Bonchev–Trinajstić information content (AvgIpc) is 3.12. The Kier molecular flexibility index (Phi) is 6.77. The summed E-state index contributed by atoms with van der Waals surface area (Å²) >= 11 is 0. The van der Waals surface area contributed by atoms with Crippen LogP contribution in [0.2, 0.25) is 0 Å². The smallest absolute Gasteiger partial charge is 0.321 e. The van der Waals surface area contributed by atoms with Gasteiger partial charge < -0.3 is 19.3 Å². The standard InChI is InChI=1S/C30H41N3O3/c1-31(2)30(25-9-6-5-7-10-25)19-17-28(18-20-30)22-32(21-24-11-13-26(35-3)14-12-24)27(34)33(28)23-29(36-4)15-8-16-29/h5-7,9-14H,8,15-23H2,1-4H3/t28-,30-. The molecular weight excluding hydrogens is 450 g/mol. The Balaban J connectivity index is 1.42. The highest BCUT2D eigenvalue weighted by Crippen LogP contribution is 2.50. The first-order chi connectivity index (χ1) is 17.4. The Morgan fingerprint density at radius 2 is 1.56 bits per heavy atom. The lowest BCUT2D eigenvalue weighted by atomic mass is 9.67. The fourth-order valence-corrected chi connectivity index (χ4v) is 6.78. The molecule has 2 aliphatic carbocycles. The largest absolute Gasteiger partial charge is 0.497 e. The van der Waals surface area contributed by atoms with Crippen LogP contribution < -0.4 is 4.74 Å². The first kappa shape index (κ1) is 25.1. The van der Waals surface area contributed by atoms with Crippen LogP contribution in [0.15, 0.2) is 54.6 Å². The highest BCUT2D eigenvalue weighted by Gasteiger charge is 2.56. The minimum atomic E-state index is -0.186. The van der Waals surface area contributed by atoms with Crippen molar-refractivity contribution in [3.63, 3.8) is 0 Å². The average molecular weight is 492 g/mol. The molecule has 0 radical (unpaired) electrons. The maximum Gasteiger partial charge on any atom is 0.321 e. The molecule has 194 valence electrons. The van der Waals surface area contributed by atoms with Crippen molar-refractivity contribution in [3.05, 3.63) is 65.7 Å². The normalized spacial score (nSPS) is 27.5. The minimum absolute atomic E-state index is 0.0000439. The number of benzene rings is 2. The van der Waals surface area contributed by atoms with E-state index in [4.69, 9.17) is 9.47 Å². The Morgan fingerprint density at radius 1 is 0.889 bits per heavy atom. The fourth-order valence-electron chi connectivity index (χ4n) is 6.78. The van der Waals surface area contributed by atoms with Gasteiger partial charge in [0.1, 0.15) is 5.75 Å². The number of amides is 2. The predicted molar refractivity (Wildman–Crippen MR) is 142 cm³/mol. The van der Waals surface area contributed by atoms with Gasteiger partial charge in [-0.2, -0.15) is 0 Å². The topological polar surface area (TPSA) is 45.2 Å². The second-order valence-electron chi connectivity index (χ2n) is 11.3. The molecule has 2 aromatic rings. The van der Waals surface area contributed by atoms with Gasteiger partial charge in [-0.05, 0) is 82.3 Å². The van der Waals surface area contributed by atoms with E-state index in [-0.39, 0.29) is 22.7 Å². The van der Waals surface area contributed by atoms with Crippen LogP contribution >= 0.6 is 0 Å². The van der Waals surface area contributed by atoms with E-state index in [0.29, 0.717) is 13.1 Å². The molecule has 36 heavy (non-hydrogen) atoms. The van der Waals surface area contributed by atoms with E-state index in [1.165, 1.54) is 12.0 Å². The summed E-state index contributed by atoms with van der Waals surface area (Å²) in [6, 6.07) is 19.2. The molecule has 2 saturated carbocycles. The van der Waals surface area contributed by atoms with Crippen LogP contribution in [0.25, 0.3) is 0 Å². The van der Waals surface area contributed by atoms with Crippen molar-refractivity contribution in [2.24, 2.45) is 0 Å². The van der Waals surface area contributed by atoms with Crippen LogP contribution in [-0.4, -0.2) is 73.3 Å². The molecule has 1 spiro atoms. The summed E-state index contributed by atoms with van der Waals surface area (Å²) < 4.78 is 11.3. The van der Waals surface area contributed by atoms with Crippen LogP contribution in [0.3, 0.4) is 0 Å². The molecule has 2 aromatic carbocycles. The Labute approximate surface area is 216 Å². The number of hydrogen-bond acceptors (Lipinski definition) is 4. The third kappa shape index (κ3) is 4.28. The number of nitrogens with zero attached hydrogens (tertiary/aromatic N) is 3. The quantitative estimate of drug-likeness (QED) is 0.505. The summed E-state index contributed by atoms with van der Waals surface area (Å²) in [5.41, 5.74) is 2.17. The number of hydrogen-bond donors (Lipinski definition) is 0. The summed E-state index contributed by atoms with van der Waals surface area (Å²) in [5, 5.41) is 0. The number of urea groups is 1. The fraction of sp³-hybridized carbons (Fsp3) is 0.567. The van der Waals surface area contributed by atoms with Crippen molar-refractivity contribution in [3.8, 4) is 5.75 Å². The summed E-state index contributed by atoms with van der Waals surface area (Å²) in [7, 11) is 7.90. The predicted octanol–water partition coefficient (Wildman–Crippen LogP) is 5.27. The van der Waals surface area contributed by atoms with Gasteiger partial charge in [-0.15, -0.1) is 0 Å². The van der Waals surface area contributed by atoms with Crippen molar-refractivity contribution in [2.75, 3.05) is 41.4 Å². The molecular formula is C30H41N3O3. The number of carbonyl (C=O) groups is 1. The molecule has 0 aromatic heterocycles. The molecule has 1 aliphatic heterocycles. The van der Waals surface area contributed by atoms with Crippen molar-refractivity contribution < 1.29 is 14.3 Å². The Hall–Kier alpha value is -2.57. The minimum Gasteiger partial charge on any atom is -0.497 e. The van der Waals surface area contributed by atoms with Gasteiger partial charge in [0.25, 0.3) is 0 Å². The van der Waals surface area contributed by atoms with Gasteiger partial charge in [-0.25, -0.2) is 4.79 Å². The van der Waals surface area contributed by atoms with Gasteiger partial charge in [-0.1, -0.05) is 42.5 Å². The molecule has 0 atom stereocenters. The maximum atomic E-state index is 14.0. The number of rotatable bonds is 8. The first-order valence-electron chi connectivity index (χ1n) is 13.3. The zero-order valence-corrected chi connectivity index (χ0v) is 22.3. The van der Waals surface area contributed by atoms with Gasteiger partial charge in [0.15, 0.2) is 0 Å². The van der Waals surface area contributed by atoms with Crippen molar-refractivity contribution in [1.82, 2.24) is 14.7 Å². The molecule has 0 bridgehead atoms. The van der Waals surface area contributed by atoms with Gasteiger partial charge in [-0.3, -0.25) is 4.90 Å². The molecule has 3 fully saturated rings. The van der Waals surface area contributed by atoms with Crippen molar-refractivity contribution >= 4 is 6.03 Å². The lowest BCUT2D eigenvalue weighted by molar-refractivity contribution is -0.0996. The molecule has 2 amide bonds. The van der Waals surface area contributed by atoms with E-state index < -0.39 is 0 Å². The molecule has 1 heterocycles. The molecule has 0 N–H and O–H groups in total. The van der Waals surface area contributed by atoms with Crippen LogP contribution in [-0.2, 0) is 16.8 Å². The molecule has 3 aliphatic rings. The molecule has 6 nitrogen and oxygen atoms in total. The zero-order chi connectivity index (χ0) is 25.4. The summed E-state index contributed by atoms with van der Waals surface area (Å²) in [6.07, 6.45) is 7.29. The van der Waals surface area contributed by atoms with E-state index in [2.05, 4.69) is 71.3 Å². The highest BCUT2D eigenvalue weighted by atomic mass is 16.5. The van der Waals surface area contributed by atoms with E-state index in [9.17, 15) is 4.79 Å². The first-order valence-corrected chi connectivity index (χ1v) is 13.3. The summed E-state index contributed by atoms with van der Waals surface area (Å²) in [6.45, 7) is 2.09. The van der Waals surface area contributed by atoms with Gasteiger partial charge >= 0.3 is 6.03 Å². The van der Waals surface area contributed by atoms with E-state index in [1.807, 2.05) is 19.2 Å². The number of ether oxygens (including phenoxy) is 2. The van der Waals surface area contributed by atoms with E-state index >= 15 is 0 Å². The molecule has 6 heteroatoms. The van der Waals surface area contributed by atoms with Crippen LogP contribution in [0.4, 0.5) is 4.79 Å². The zero-order valence-electron chi connectivity index (χ0n) is 22.3.